The average Bonchev–Trinajstić information content (AvgIpc) is 3.83. The first-order valence-corrected chi connectivity index (χ1v) is 21.8. The maximum absolute atomic E-state index is 6.10. The standard InChI is InChI=1S/C61H43NO/c1-61(2)56-38-46(40-13-5-3-6-14-40)27-32-51(56)52-33-31-48(39-57(52)61)62(58-35-34-49(44-15-7-4-8-16-44)50-17-9-10-18-53(50)58)47-29-25-42(26-30-47)41-21-23-43(24-22-41)45-28-36-60-55(37-45)54-19-11-12-20-59(54)63-60/h3-39H,1-2H3. The van der Waals surface area contributed by atoms with Crippen molar-refractivity contribution in [1.82, 2.24) is 0 Å². The van der Waals surface area contributed by atoms with Gasteiger partial charge in [-0.25, -0.2) is 0 Å². The molecule has 1 aliphatic carbocycles. The molecule has 298 valence electrons. The van der Waals surface area contributed by atoms with Crippen LogP contribution in [-0.2, 0) is 5.41 Å². The molecular weight excluding hydrogens is 763 g/mol. The van der Waals surface area contributed by atoms with Gasteiger partial charge in [0, 0.05) is 32.9 Å². The molecule has 1 aliphatic rings. The molecule has 0 atom stereocenters. The fourth-order valence-corrected chi connectivity index (χ4v) is 10.0. The Balaban J connectivity index is 0.944. The molecule has 2 heteroatoms. The van der Waals surface area contributed by atoms with Gasteiger partial charge < -0.3 is 9.32 Å². The molecule has 0 N–H and O–H groups in total. The average molecular weight is 806 g/mol. The van der Waals surface area contributed by atoms with E-state index in [0.29, 0.717) is 0 Å². The Morgan fingerprint density at radius 1 is 0.317 bits per heavy atom. The molecule has 10 aromatic carbocycles. The summed E-state index contributed by atoms with van der Waals surface area (Å²) in [5.74, 6) is 0. The third kappa shape index (κ3) is 6.17. The summed E-state index contributed by atoms with van der Waals surface area (Å²) >= 11 is 0. The lowest BCUT2D eigenvalue weighted by atomic mass is 9.81. The predicted molar refractivity (Wildman–Crippen MR) is 265 cm³/mol. The Morgan fingerprint density at radius 3 is 1.52 bits per heavy atom. The molecule has 0 bridgehead atoms. The Bertz CT molecular complexity index is 3510. The van der Waals surface area contributed by atoms with E-state index in [-0.39, 0.29) is 5.41 Å². The zero-order valence-electron chi connectivity index (χ0n) is 35.2. The van der Waals surface area contributed by atoms with Crippen molar-refractivity contribution in [1.29, 1.82) is 0 Å². The Labute approximate surface area is 368 Å². The molecule has 1 heterocycles. The highest BCUT2D eigenvalue weighted by molar-refractivity contribution is 6.07. The number of para-hydroxylation sites is 1. The molecule has 12 rings (SSSR count). The summed E-state index contributed by atoms with van der Waals surface area (Å²) in [7, 11) is 0. The zero-order valence-corrected chi connectivity index (χ0v) is 35.2. The van der Waals surface area contributed by atoms with Crippen LogP contribution in [0.1, 0.15) is 25.0 Å². The zero-order chi connectivity index (χ0) is 42.1. The molecule has 0 aliphatic heterocycles. The summed E-state index contributed by atoms with van der Waals surface area (Å²) in [5, 5.41) is 4.72. The number of nitrogens with zero attached hydrogens (tertiary/aromatic N) is 1. The van der Waals surface area contributed by atoms with Crippen molar-refractivity contribution in [2.24, 2.45) is 0 Å². The first-order valence-electron chi connectivity index (χ1n) is 21.8. The predicted octanol–water partition coefficient (Wildman–Crippen LogP) is 17.2. The molecule has 0 unspecified atom stereocenters. The second-order valence-electron chi connectivity index (χ2n) is 17.3. The number of rotatable bonds is 7. The van der Waals surface area contributed by atoms with Gasteiger partial charge in [-0.05, 0) is 127 Å². The number of hydrogen-bond donors (Lipinski definition) is 0. The van der Waals surface area contributed by atoms with Crippen LogP contribution >= 0.6 is 0 Å². The third-order valence-electron chi connectivity index (χ3n) is 13.3. The Hall–Kier alpha value is -7.94. The van der Waals surface area contributed by atoms with Gasteiger partial charge in [0.15, 0.2) is 0 Å². The molecule has 0 saturated carbocycles. The summed E-state index contributed by atoms with van der Waals surface area (Å²) < 4.78 is 6.10. The van der Waals surface area contributed by atoms with E-state index in [1.165, 1.54) is 77.5 Å². The van der Waals surface area contributed by atoms with E-state index in [1.54, 1.807) is 0 Å². The van der Waals surface area contributed by atoms with E-state index in [0.717, 1.165) is 39.0 Å². The maximum atomic E-state index is 6.10. The summed E-state index contributed by atoms with van der Waals surface area (Å²) in [6.45, 7) is 4.75. The minimum absolute atomic E-state index is 0.190. The highest BCUT2D eigenvalue weighted by Gasteiger charge is 2.36. The molecule has 63 heavy (non-hydrogen) atoms. The van der Waals surface area contributed by atoms with Crippen LogP contribution in [0.15, 0.2) is 229 Å². The smallest absolute Gasteiger partial charge is 0.135 e. The number of anilines is 3. The molecular formula is C61H43NO. The van der Waals surface area contributed by atoms with Crippen LogP contribution in [0.3, 0.4) is 0 Å². The van der Waals surface area contributed by atoms with E-state index < -0.39 is 0 Å². The molecule has 0 amide bonds. The minimum atomic E-state index is -0.190. The van der Waals surface area contributed by atoms with Crippen molar-refractivity contribution in [3.05, 3.63) is 236 Å². The Morgan fingerprint density at radius 2 is 0.794 bits per heavy atom. The lowest BCUT2D eigenvalue weighted by Crippen LogP contribution is -2.17. The van der Waals surface area contributed by atoms with Crippen LogP contribution in [0.25, 0.3) is 88.3 Å². The van der Waals surface area contributed by atoms with E-state index >= 15 is 0 Å². The summed E-state index contributed by atoms with van der Waals surface area (Å²) in [5.41, 5.74) is 20.0. The van der Waals surface area contributed by atoms with Crippen molar-refractivity contribution < 1.29 is 4.42 Å². The van der Waals surface area contributed by atoms with Crippen LogP contribution in [0.4, 0.5) is 17.1 Å². The second kappa shape index (κ2) is 14.6. The SMILES string of the molecule is CC1(C)c2cc(-c3ccccc3)ccc2-c2ccc(N(c3ccc(-c4ccc(-c5ccc6oc7ccccc7c6c5)cc4)cc3)c3ccc(-c4ccccc4)c4ccccc34)cc21. The lowest BCUT2D eigenvalue weighted by Gasteiger charge is -2.29. The van der Waals surface area contributed by atoms with Crippen LogP contribution in [0, 0.1) is 0 Å². The minimum Gasteiger partial charge on any atom is -0.456 e. The van der Waals surface area contributed by atoms with Gasteiger partial charge in [-0.3, -0.25) is 0 Å². The monoisotopic (exact) mass is 805 g/mol. The van der Waals surface area contributed by atoms with E-state index in [9.17, 15) is 0 Å². The van der Waals surface area contributed by atoms with Gasteiger partial charge >= 0.3 is 0 Å². The second-order valence-corrected chi connectivity index (χ2v) is 17.3. The van der Waals surface area contributed by atoms with Crippen LogP contribution in [0.5, 0.6) is 0 Å². The van der Waals surface area contributed by atoms with Crippen molar-refractivity contribution in [2.75, 3.05) is 4.90 Å². The molecule has 2 nitrogen and oxygen atoms in total. The van der Waals surface area contributed by atoms with Crippen LogP contribution < -0.4 is 4.90 Å². The highest BCUT2D eigenvalue weighted by Crippen LogP contribution is 2.52. The van der Waals surface area contributed by atoms with Crippen molar-refractivity contribution >= 4 is 49.8 Å². The van der Waals surface area contributed by atoms with Gasteiger partial charge in [0.25, 0.3) is 0 Å². The van der Waals surface area contributed by atoms with Crippen molar-refractivity contribution in [3.8, 4) is 55.6 Å². The summed E-state index contributed by atoms with van der Waals surface area (Å²) in [4.78, 5) is 2.45. The molecule has 11 aromatic rings. The van der Waals surface area contributed by atoms with E-state index in [4.69, 9.17) is 4.42 Å². The third-order valence-corrected chi connectivity index (χ3v) is 13.3. The normalized spacial score (nSPS) is 12.7. The Kier molecular flexibility index (Phi) is 8.55. The van der Waals surface area contributed by atoms with E-state index in [2.05, 4.69) is 231 Å². The van der Waals surface area contributed by atoms with Gasteiger partial charge in [-0.2, -0.15) is 0 Å². The lowest BCUT2D eigenvalue weighted by molar-refractivity contribution is 0.660. The largest absolute Gasteiger partial charge is 0.456 e. The maximum Gasteiger partial charge on any atom is 0.135 e. The molecule has 0 fully saturated rings. The van der Waals surface area contributed by atoms with Crippen molar-refractivity contribution in [3.63, 3.8) is 0 Å². The highest BCUT2D eigenvalue weighted by atomic mass is 16.3. The van der Waals surface area contributed by atoms with Gasteiger partial charge in [0.2, 0.25) is 0 Å². The summed E-state index contributed by atoms with van der Waals surface area (Å²) in [6, 6.07) is 81.7. The van der Waals surface area contributed by atoms with Gasteiger partial charge in [0.1, 0.15) is 11.2 Å². The molecule has 0 saturated heterocycles. The van der Waals surface area contributed by atoms with Gasteiger partial charge in [-0.15, -0.1) is 0 Å². The topological polar surface area (TPSA) is 16.4 Å². The van der Waals surface area contributed by atoms with Crippen LogP contribution in [-0.4, -0.2) is 0 Å². The first kappa shape index (κ1) is 36.9. The molecule has 0 spiro atoms. The first-order chi connectivity index (χ1) is 31.0. The van der Waals surface area contributed by atoms with Crippen LogP contribution in [0.2, 0.25) is 0 Å². The van der Waals surface area contributed by atoms with Gasteiger partial charge in [0.05, 0.1) is 5.69 Å². The molecule has 0 radical (unpaired) electrons. The number of benzene rings is 10. The van der Waals surface area contributed by atoms with E-state index in [1.807, 2.05) is 12.1 Å². The number of furan rings is 1. The fraction of sp³-hybridized carbons (Fsp3) is 0.0492. The number of hydrogen-bond acceptors (Lipinski definition) is 2. The molecule has 1 aromatic heterocycles. The quantitative estimate of drug-likeness (QED) is 0.160. The number of fused-ring (bicyclic) bond motifs is 7. The van der Waals surface area contributed by atoms with Gasteiger partial charge in [-0.1, -0.05) is 184 Å². The van der Waals surface area contributed by atoms with Crippen molar-refractivity contribution in [2.45, 2.75) is 19.3 Å². The fourth-order valence-electron chi connectivity index (χ4n) is 10.0. The summed E-state index contributed by atoms with van der Waals surface area (Å²) in [6.07, 6.45) is 0.